The zero-order valence-corrected chi connectivity index (χ0v) is 20.7. The van der Waals surface area contributed by atoms with Crippen molar-refractivity contribution in [1.82, 2.24) is 3.11 Å². The molecule has 1 amide bonds. The fourth-order valence-electron chi connectivity index (χ4n) is 3.57. The quantitative estimate of drug-likeness (QED) is 0.0887. The maximum Gasteiger partial charge on any atom is 0.231 e. The number of hydrogen-bond acceptors (Lipinski definition) is 1. The Kier molecular flexibility index (Phi) is 22.7. The molecule has 0 aromatic heterocycles. The molecule has 0 N–H and O–H groups in total. The normalized spacial score (nSPS) is 11.1. The van der Waals surface area contributed by atoms with Crippen molar-refractivity contribution in [3.8, 4) is 0 Å². The fraction of sp³-hybridized carbons (Fsp3) is 0.958. The van der Waals surface area contributed by atoms with E-state index in [2.05, 4.69) is 36.7 Å². The highest BCUT2D eigenvalue weighted by Crippen LogP contribution is 2.14. The number of nitrogens with zero attached hydrogens (tertiary/aromatic N) is 1. The Hall–Kier alpha value is 0.200. The van der Waals surface area contributed by atoms with Crippen LogP contribution in [-0.4, -0.2) is 15.6 Å². The van der Waals surface area contributed by atoms with Crippen LogP contribution in [0.4, 0.5) is 0 Å². The van der Waals surface area contributed by atoms with Gasteiger partial charge >= 0.3 is 0 Å². The SMILES string of the molecule is CCCCCCCCCCCCCCCC(=O)N(I)CCCCCCCC. The molecular formula is C24H48INO. The topological polar surface area (TPSA) is 20.3 Å². The van der Waals surface area contributed by atoms with Gasteiger partial charge in [-0.15, -0.1) is 0 Å². The molecule has 0 atom stereocenters. The molecule has 0 saturated carbocycles. The number of amides is 1. The number of carbonyl (C=O) groups excluding carboxylic acids is 1. The Balaban J connectivity index is 3.28. The summed E-state index contributed by atoms with van der Waals surface area (Å²) in [4.78, 5) is 12.1. The summed E-state index contributed by atoms with van der Waals surface area (Å²) in [6.07, 6.45) is 26.2. The third-order valence-corrected chi connectivity index (χ3v) is 6.49. The first-order valence-corrected chi connectivity index (χ1v) is 13.1. The third kappa shape index (κ3) is 20.7. The van der Waals surface area contributed by atoms with E-state index < -0.39 is 0 Å². The van der Waals surface area contributed by atoms with Gasteiger partial charge in [0.25, 0.3) is 0 Å². The second-order valence-corrected chi connectivity index (χ2v) is 9.40. The molecular weight excluding hydrogens is 445 g/mol. The van der Waals surface area contributed by atoms with E-state index in [9.17, 15) is 4.79 Å². The molecule has 0 spiro atoms. The van der Waals surface area contributed by atoms with Gasteiger partial charge in [-0.25, -0.2) is 0 Å². The first-order valence-electron chi connectivity index (χ1n) is 12.2. The average molecular weight is 494 g/mol. The summed E-state index contributed by atoms with van der Waals surface area (Å²) in [6.45, 7) is 5.47. The summed E-state index contributed by atoms with van der Waals surface area (Å²) in [5.41, 5.74) is 0. The molecule has 0 fully saturated rings. The molecule has 0 heterocycles. The maximum atomic E-state index is 12.1. The lowest BCUT2D eigenvalue weighted by Gasteiger charge is -2.14. The molecule has 3 heteroatoms. The number of rotatable bonds is 21. The zero-order valence-electron chi connectivity index (χ0n) is 18.6. The Morgan fingerprint density at radius 3 is 1.30 bits per heavy atom. The van der Waals surface area contributed by atoms with E-state index in [-0.39, 0.29) is 0 Å². The van der Waals surface area contributed by atoms with Gasteiger partial charge in [0.15, 0.2) is 0 Å². The van der Waals surface area contributed by atoms with Crippen molar-refractivity contribution >= 4 is 28.8 Å². The molecule has 0 unspecified atom stereocenters. The largest absolute Gasteiger partial charge is 0.285 e. The summed E-state index contributed by atoms with van der Waals surface area (Å²) in [5.74, 6) is 0.340. The van der Waals surface area contributed by atoms with Crippen molar-refractivity contribution < 1.29 is 4.79 Å². The molecule has 162 valence electrons. The molecule has 0 aliphatic heterocycles. The second-order valence-electron chi connectivity index (χ2n) is 8.24. The first-order chi connectivity index (χ1) is 13.2. The number of carbonyl (C=O) groups is 1. The van der Waals surface area contributed by atoms with Crippen molar-refractivity contribution in [3.63, 3.8) is 0 Å². The van der Waals surface area contributed by atoms with Gasteiger partial charge in [0.05, 0.1) is 22.9 Å². The molecule has 0 aromatic carbocycles. The molecule has 0 saturated heterocycles. The Bertz CT molecular complexity index is 309. The molecule has 0 aliphatic carbocycles. The second kappa shape index (κ2) is 22.5. The highest BCUT2D eigenvalue weighted by molar-refractivity contribution is 14.1. The van der Waals surface area contributed by atoms with Crippen molar-refractivity contribution in [3.05, 3.63) is 0 Å². The van der Waals surface area contributed by atoms with Crippen molar-refractivity contribution in [1.29, 1.82) is 0 Å². The summed E-state index contributed by atoms with van der Waals surface area (Å²) < 4.78 is 1.93. The van der Waals surface area contributed by atoms with Crippen molar-refractivity contribution in [2.45, 2.75) is 142 Å². The average Bonchev–Trinajstić information content (AvgIpc) is 2.67. The lowest BCUT2D eigenvalue weighted by Crippen LogP contribution is -2.21. The predicted molar refractivity (Wildman–Crippen MR) is 129 cm³/mol. The van der Waals surface area contributed by atoms with Crippen LogP contribution in [-0.2, 0) is 4.79 Å². The minimum Gasteiger partial charge on any atom is -0.285 e. The highest BCUT2D eigenvalue weighted by Gasteiger charge is 2.09. The van der Waals surface area contributed by atoms with Gasteiger partial charge in [-0.2, -0.15) is 0 Å². The summed E-state index contributed by atoms with van der Waals surface area (Å²) in [7, 11) is 0. The van der Waals surface area contributed by atoms with Gasteiger partial charge in [-0.05, 0) is 12.8 Å². The Labute approximate surface area is 185 Å². The number of hydrogen-bond donors (Lipinski definition) is 0. The van der Waals surface area contributed by atoms with Crippen molar-refractivity contribution in [2.75, 3.05) is 6.54 Å². The zero-order chi connectivity index (χ0) is 20.0. The summed E-state index contributed by atoms with van der Waals surface area (Å²) in [5, 5.41) is 0. The van der Waals surface area contributed by atoms with Crippen LogP contribution in [0.5, 0.6) is 0 Å². The lowest BCUT2D eigenvalue weighted by molar-refractivity contribution is -0.125. The number of halogens is 1. The Morgan fingerprint density at radius 1 is 0.556 bits per heavy atom. The molecule has 0 aromatic rings. The van der Waals surface area contributed by atoms with Gasteiger partial charge in [-0.1, -0.05) is 123 Å². The van der Waals surface area contributed by atoms with E-state index in [1.807, 2.05) is 3.11 Å². The van der Waals surface area contributed by atoms with Crippen LogP contribution in [0.25, 0.3) is 0 Å². The van der Waals surface area contributed by atoms with Gasteiger partial charge in [0.1, 0.15) is 0 Å². The smallest absolute Gasteiger partial charge is 0.231 e. The third-order valence-electron chi connectivity index (χ3n) is 5.47. The van der Waals surface area contributed by atoms with Crippen LogP contribution in [0.2, 0.25) is 0 Å². The molecule has 0 radical (unpaired) electrons. The molecule has 2 nitrogen and oxygen atoms in total. The maximum absolute atomic E-state index is 12.1. The minimum atomic E-state index is 0.340. The van der Waals surface area contributed by atoms with E-state index in [0.29, 0.717) is 5.91 Å². The molecule has 0 rings (SSSR count). The van der Waals surface area contributed by atoms with Crippen LogP contribution >= 0.6 is 22.9 Å². The molecule has 0 bridgehead atoms. The van der Waals surface area contributed by atoms with E-state index in [1.54, 1.807) is 0 Å². The van der Waals surface area contributed by atoms with Gasteiger partial charge in [0, 0.05) is 13.0 Å². The van der Waals surface area contributed by atoms with Crippen LogP contribution in [0.1, 0.15) is 142 Å². The van der Waals surface area contributed by atoms with E-state index >= 15 is 0 Å². The van der Waals surface area contributed by atoms with Crippen molar-refractivity contribution in [2.24, 2.45) is 0 Å². The van der Waals surface area contributed by atoms with Gasteiger partial charge in [-0.3, -0.25) is 7.91 Å². The van der Waals surface area contributed by atoms with Crippen LogP contribution in [0.15, 0.2) is 0 Å². The minimum absolute atomic E-state index is 0.340. The lowest BCUT2D eigenvalue weighted by atomic mass is 10.0. The predicted octanol–water partition coefficient (Wildman–Crippen LogP) is 9.01. The fourth-order valence-corrected chi connectivity index (χ4v) is 4.15. The van der Waals surface area contributed by atoms with Crippen LogP contribution < -0.4 is 0 Å². The number of unbranched alkanes of at least 4 members (excludes halogenated alkanes) is 17. The standard InChI is InChI=1S/C24H48INO/c1-3-5-7-9-11-12-13-14-15-16-17-18-20-22-24(27)26(25)23-21-19-10-8-6-4-2/h3-23H2,1-2H3. The van der Waals surface area contributed by atoms with Crippen LogP contribution in [0.3, 0.4) is 0 Å². The van der Waals surface area contributed by atoms with E-state index in [4.69, 9.17) is 0 Å². The summed E-state index contributed by atoms with van der Waals surface area (Å²) >= 11 is 2.22. The Morgan fingerprint density at radius 2 is 0.889 bits per heavy atom. The first kappa shape index (κ1) is 27.2. The van der Waals surface area contributed by atoms with Gasteiger partial charge in [0.2, 0.25) is 5.91 Å². The van der Waals surface area contributed by atoms with Crippen LogP contribution in [0, 0.1) is 0 Å². The van der Waals surface area contributed by atoms with Gasteiger partial charge < -0.3 is 0 Å². The van der Waals surface area contributed by atoms with E-state index in [1.165, 1.54) is 109 Å². The molecule has 0 aliphatic rings. The molecule has 27 heavy (non-hydrogen) atoms. The highest BCUT2D eigenvalue weighted by atomic mass is 127. The monoisotopic (exact) mass is 493 g/mol. The van der Waals surface area contributed by atoms with E-state index in [0.717, 1.165) is 25.8 Å². The summed E-state index contributed by atoms with van der Waals surface area (Å²) in [6, 6.07) is 0.